The number of rotatable bonds is 4. The average Bonchev–Trinajstić information content (AvgIpc) is 2.93. The standard InChI is InChI=1S/C18H15N3O2/c1-13-18(20-12-14-6-2-3-8-16(14)22)17(23-21-13)10-9-15-7-4-5-11-19-15/h2-12,22H,1H3/b10-9+,20-12?. The predicted octanol–water partition coefficient (Wildman–Crippen LogP) is 4.00. The van der Waals surface area contributed by atoms with E-state index in [2.05, 4.69) is 15.1 Å². The Labute approximate surface area is 133 Å². The Balaban J connectivity index is 1.87. The first-order valence-corrected chi connectivity index (χ1v) is 7.11. The number of aliphatic imine (C=N–C) groups is 1. The molecule has 0 saturated heterocycles. The number of pyridine rings is 1. The number of aromatic hydroxyl groups is 1. The molecule has 0 radical (unpaired) electrons. The highest BCUT2D eigenvalue weighted by Gasteiger charge is 2.09. The van der Waals surface area contributed by atoms with Crippen LogP contribution in [0.4, 0.5) is 5.69 Å². The van der Waals surface area contributed by atoms with Gasteiger partial charge in [-0.15, -0.1) is 0 Å². The van der Waals surface area contributed by atoms with Crippen LogP contribution in [0, 0.1) is 6.92 Å². The van der Waals surface area contributed by atoms with Crippen LogP contribution in [0.15, 0.2) is 58.2 Å². The first-order chi connectivity index (χ1) is 11.2. The Morgan fingerprint density at radius 2 is 1.91 bits per heavy atom. The van der Waals surface area contributed by atoms with Gasteiger partial charge in [-0.05, 0) is 43.3 Å². The van der Waals surface area contributed by atoms with Gasteiger partial charge >= 0.3 is 0 Å². The van der Waals surface area contributed by atoms with E-state index in [9.17, 15) is 5.11 Å². The Kier molecular flexibility index (Phi) is 4.29. The van der Waals surface area contributed by atoms with Gasteiger partial charge in [-0.2, -0.15) is 0 Å². The summed E-state index contributed by atoms with van der Waals surface area (Å²) >= 11 is 0. The van der Waals surface area contributed by atoms with Gasteiger partial charge in [0, 0.05) is 18.0 Å². The zero-order valence-electron chi connectivity index (χ0n) is 12.5. The minimum atomic E-state index is 0.177. The van der Waals surface area contributed by atoms with Gasteiger partial charge in [0.2, 0.25) is 0 Å². The van der Waals surface area contributed by atoms with Crippen molar-refractivity contribution in [2.45, 2.75) is 6.92 Å². The molecule has 0 atom stereocenters. The second-order valence-corrected chi connectivity index (χ2v) is 4.89. The molecule has 5 heteroatoms. The summed E-state index contributed by atoms with van der Waals surface area (Å²) in [5.74, 6) is 0.718. The number of phenols is 1. The third kappa shape index (κ3) is 3.52. The van der Waals surface area contributed by atoms with Crippen molar-refractivity contribution in [2.75, 3.05) is 0 Å². The second kappa shape index (κ2) is 6.70. The van der Waals surface area contributed by atoms with E-state index in [0.717, 1.165) is 5.69 Å². The van der Waals surface area contributed by atoms with Gasteiger partial charge in [0.1, 0.15) is 17.1 Å². The van der Waals surface area contributed by atoms with Crippen molar-refractivity contribution in [1.29, 1.82) is 0 Å². The molecule has 114 valence electrons. The Morgan fingerprint density at radius 3 is 2.70 bits per heavy atom. The third-order valence-corrected chi connectivity index (χ3v) is 3.22. The van der Waals surface area contributed by atoms with Crippen molar-refractivity contribution < 1.29 is 9.63 Å². The van der Waals surface area contributed by atoms with E-state index in [1.54, 1.807) is 36.7 Å². The molecule has 3 aromatic rings. The molecule has 1 N–H and O–H groups in total. The van der Waals surface area contributed by atoms with Gasteiger partial charge in [0.25, 0.3) is 0 Å². The summed E-state index contributed by atoms with van der Waals surface area (Å²) in [6, 6.07) is 12.7. The SMILES string of the molecule is Cc1noc(/C=C/c2ccccn2)c1N=Cc1ccccc1O. The van der Waals surface area contributed by atoms with Gasteiger partial charge in [-0.1, -0.05) is 23.4 Å². The molecule has 0 bridgehead atoms. The largest absolute Gasteiger partial charge is 0.507 e. The van der Waals surface area contributed by atoms with Crippen LogP contribution in [-0.4, -0.2) is 21.5 Å². The summed E-state index contributed by atoms with van der Waals surface area (Å²) in [5, 5.41) is 13.7. The fourth-order valence-corrected chi connectivity index (χ4v) is 2.02. The zero-order valence-corrected chi connectivity index (χ0v) is 12.5. The van der Waals surface area contributed by atoms with Crippen LogP contribution in [0.25, 0.3) is 12.2 Å². The van der Waals surface area contributed by atoms with Gasteiger partial charge in [-0.25, -0.2) is 0 Å². The van der Waals surface area contributed by atoms with Crippen LogP contribution < -0.4 is 0 Å². The predicted molar refractivity (Wildman–Crippen MR) is 89.8 cm³/mol. The second-order valence-electron chi connectivity index (χ2n) is 4.89. The average molecular weight is 305 g/mol. The molecule has 23 heavy (non-hydrogen) atoms. The Morgan fingerprint density at radius 1 is 1.09 bits per heavy atom. The van der Waals surface area contributed by atoms with Gasteiger partial charge < -0.3 is 9.63 Å². The van der Waals surface area contributed by atoms with E-state index in [1.807, 2.05) is 37.3 Å². The molecule has 2 heterocycles. The highest BCUT2D eigenvalue weighted by atomic mass is 16.5. The molecule has 0 aliphatic rings. The lowest BCUT2D eigenvalue weighted by molar-refractivity contribution is 0.408. The van der Waals surface area contributed by atoms with Gasteiger partial charge in [0.15, 0.2) is 5.76 Å². The summed E-state index contributed by atoms with van der Waals surface area (Å²) in [5.41, 5.74) is 2.75. The molecule has 0 saturated carbocycles. The van der Waals surface area contributed by atoms with Crippen LogP contribution in [0.2, 0.25) is 0 Å². The van der Waals surface area contributed by atoms with Crippen molar-refractivity contribution in [3.8, 4) is 5.75 Å². The van der Waals surface area contributed by atoms with E-state index < -0.39 is 0 Å². The quantitative estimate of drug-likeness (QED) is 0.739. The number of aromatic nitrogens is 2. The lowest BCUT2D eigenvalue weighted by Crippen LogP contribution is -1.82. The highest BCUT2D eigenvalue weighted by molar-refractivity contribution is 5.86. The molecular weight excluding hydrogens is 290 g/mol. The monoisotopic (exact) mass is 305 g/mol. The van der Waals surface area contributed by atoms with Gasteiger partial charge in [0.05, 0.1) is 5.69 Å². The van der Waals surface area contributed by atoms with Crippen LogP contribution in [0.5, 0.6) is 5.75 Å². The third-order valence-electron chi connectivity index (χ3n) is 3.22. The van der Waals surface area contributed by atoms with Crippen LogP contribution in [-0.2, 0) is 0 Å². The zero-order chi connectivity index (χ0) is 16.1. The summed E-state index contributed by atoms with van der Waals surface area (Å²) in [6.07, 6.45) is 6.92. The van der Waals surface area contributed by atoms with E-state index in [0.29, 0.717) is 22.7 Å². The number of hydrogen-bond donors (Lipinski definition) is 1. The molecule has 0 aliphatic carbocycles. The van der Waals surface area contributed by atoms with E-state index in [4.69, 9.17) is 4.52 Å². The van der Waals surface area contributed by atoms with E-state index >= 15 is 0 Å². The molecule has 3 rings (SSSR count). The van der Waals surface area contributed by atoms with E-state index in [-0.39, 0.29) is 5.75 Å². The summed E-state index contributed by atoms with van der Waals surface area (Å²) in [7, 11) is 0. The summed E-state index contributed by atoms with van der Waals surface area (Å²) in [4.78, 5) is 8.61. The fraction of sp³-hybridized carbons (Fsp3) is 0.0556. The van der Waals surface area contributed by atoms with Crippen molar-refractivity contribution >= 4 is 24.1 Å². The Bertz CT molecular complexity index is 852. The van der Waals surface area contributed by atoms with Crippen molar-refractivity contribution in [1.82, 2.24) is 10.1 Å². The molecular formula is C18H15N3O2. The smallest absolute Gasteiger partial charge is 0.185 e. The minimum Gasteiger partial charge on any atom is -0.507 e. The maximum absolute atomic E-state index is 9.78. The number of hydrogen-bond acceptors (Lipinski definition) is 5. The van der Waals surface area contributed by atoms with Crippen molar-refractivity contribution in [3.05, 3.63) is 71.4 Å². The Hall–Kier alpha value is -3.21. The molecule has 1 aromatic carbocycles. The maximum atomic E-state index is 9.78. The van der Waals surface area contributed by atoms with Crippen LogP contribution in [0.1, 0.15) is 22.7 Å². The van der Waals surface area contributed by atoms with E-state index in [1.165, 1.54) is 0 Å². The number of aryl methyl sites for hydroxylation is 1. The lowest BCUT2D eigenvalue weighted by Gasteiger charge is -1.97. The first-order valence-electron chi connectivity index (χ1n) is 7.11. The maximum Gasteiger partial charge on any atom is 0.185 e. The normalized spacial score (nSPS) is 11.5. The topological polar surface area (TPSA) is 71.5 Å². The molecule has 0 amide bonds. The molecule has 0 unspecified atom stereocenters. The molecule has 0 aliphatic heterocycles. The van der Waals surface area contributed by atoms with Gasteiger partial charge in [-0.3, -0.25) is 9.98 Å². The van der Waals surface area contributed by atoms with Crippen LogP contribution in [0.3, 0.4) is 0 Å². The van der Waals surface area contributed by atoms with Crippen molar-refractivity contribution in [3.63, 3.8) is 0 Å². The fourth-order valence-electron chi connectivity index (χ4n) is 2.02. The first kappa shape index (κ1) is 14.7. The molecule has 0 spiro atoms. The minimum absolute atomic E-state index is 0.177. The number of phenolic OH excluding ortho intramolecular Hbond substituents is 1. The molecule has 0 fully saturated rings. The lowest BCUT2D eigenvalue weighted by atomic mass is 10.2. The van der Waals surface area contributed by atoms with Crippen molar-refractivity contribution in [2.24, 2.45) is 4.99 Å². The number of para-hydroxylation sites is 1. The summed E-state index contributed by atoms with van der Waals surface area (Å²) < 4.78 is 5.29. The van der Waals surface area contributed by atoms with Crippen LogP contribution >= 0.6 is 0 Å². The molecule has 5 nitrogen and oxygen atoms in total. The number of nitrogens with zero attached hydrogens (tertiary/aromatic N) is 3. The number of benzene rings is 1. The summed E-state index contributed by atoms with van der Waals surface area (Å²) in [6.45, 7) is 1.82. The highest BCUT2D eigenvalue weighted by Crippen LogP contribution is 2.26. The molecule has 2 aromatic heterocycles.